The number of thiophene rings is 1. The van der Waals surface area contributed by atoms with Crippen LogP contribution in [0, 0.1) is 6.92 Å². The number of anilines is 1. The van der Waals surface area contributed by atoms with Crippen LogP contribution in [-0.2, 0) is 6.42 Å². The average molecular weight is 367 g/mol. The summed E-state index contributed by atoms with van der Waals surface area (Å²) in [5, 5.41) is 1.13. The number of carbonyl (C=O) groups excluding carboxylic acids is 1. The van der Waals surface area contributed by atoms with Crippen LogP contribution in [-0.4, -0.2) is 51.9 Å². The average Bonchev–Trinajstić information content (AvgIpc) is 3.10. The highest BCUT2D eigenvalue weighted by molar-refractivity contribution is 7.18. The van der Waals surface area contributed by atoms with Crippen molar-refractivity contribution in [1.29, 1.82) is 0 Å². The van der Waals surface area contributed by atoms with Gasteiger partial charge in [-0.05, 0) is 31.5 Å². The van der Waals surface area contributed by atoms with E-state index in [1.807, 2.05) is 11.8 Å². The summed E-state index contributed by atoms with van der Waals surface area (Å²) in [4.78, 5) is 32.5. The Morgan fingerprint density at radius 1 is 1.15 bits per heavy atom. The molecule has 134 valence electrons. The van der Waals surface area contributed by atoms with Crippen LogP contribution in [0.2, 0.25) is 0 Å². The molecule has 3 aromatic heterocycles. The van der Waals surface area contributed by atoms with Gasteiger partial charge in [0, 0.05) is 49.0 Å². The molecule has 0 N–H and O–H groups in total. The molecule has 1 amide bonds. The summed E-state index contributed by atoms with van der Waals surface area (Å²) >= 11 is 1.74. The van der Waals surface area contributed by atoms with Crippen LogP contribution in [0.5, 0.6) is 0 Å². The Morgan fingerprint density at radius 2 is 1.88 bits per heavy atom. The van der Waals surface area contributed by atoms with Gasteiger partial charge in [-0.3, -0.25) is 9.78 Å². The van der Waals surface area contributed by atoms with Gasteiger partial charge in [0.2, 0.25) is 0 Å². The first-order valence-corrected chi connectivity index (χ1v) is 9.68. The van der Waals surface area contributed by atoms with Crippen molar-refractivity contribution in [3.8, 4) is 0 Å². The van der Waals surface area contributed by atoms with Gasteiger partial charge in [0.25, 0.3) is 5.91 Å². The van der Waals surface area contributed by atoms with Gasteiger partial charge in [-0.2, -0.15) is 0 Å². The number of aromatic nitrogens is 3. The minimum Gasteiger partial charge on any atom is -0.352 e. The number of amides is 1. The van der Waals surface area contributed by atoms with E-state index in [0.717, 1.165) is 41.4 Å². The molecular weight excluding hydrogens is 346 g/mol. The number of hydrogen-bond donors (Lipinski definition) is 0. The van der Waals surface area contributed by atoms with E-state index >= 15 is 0 Å². The van der Waals surface area contributed by atoms with Gasteiger partial charge in [0.15, 0.2) is 0 Å². The number of hydrogen-bond acceptors (Lipinski definition) is 6. The largest absolute Gasteiger partial charge is 0.352 e. The summed E-state index contributed by atoms with van der Waals surface area (Å²) in [7, 11) is 0. The molecule has 1 aliphatic heterocycles. The molecule has 0 bridgehead atoms. The molecule has 0 unspecified atom stereocenters. The van der Waals surface area contributed by atoms with Gasteiger partial charge in [-0.15, -0.1) is 11.3 Å². The fraction of sp³-hybridized carbons (Fsp3) is 0.368. The Hall–Kier alpha value is -2.54. The van der Waals surface area contributed by atoms with Crippen molar-refractivity contribution < 1.29 is 4.79 Å². The first kappa shape index (κ1) is 16.9. The Morgan fingerprint density at radius 3 is 2.58 bits per heavy atom. The zero-order valence-electron chi connectivity index (χ0n) is 15.0. The van der Waals surface area contributed by atoms with Gasteiger partial charge >= 0.3 is 0 Å². The van der Waals surface area contributed by atoms with Gasteiger partial charge < -0.3 is 9.80 Å². The van der Waals surface area contributed by atoms with Crippen LogP contribution < -0.4 is 4.90 Å². The molecule has 3 aromatic rings. The third-order valence-corrected chi connectivity index (χ3v) is 5.85. The normalized spacial score (nSPS) is 14.8. The summed E-state index contributed by atoms with van der Waals surface area (Å²) in [6.45, 7) is 7.04. The molecule has 7 heteroatoms. The van der Waals surface area contributed by atoms with Crippen molar-refractivity contribution in [2.45, 2.75) is 20.3 Å². The summed E-state index contributed by atoms with van der Waals surface area (Å²) in [6.07, 6.45) is 4.32. The molecule has 0 radical (unpaired) electrons. The number of carbonyl (C=O) groups is 1. The molecular formula is C19H21N5OS. The molecule has 1 aliphatic rings. The molecule has 0 aromatic carbocycles. The zero-order valence-corrected chi connectivity index (χ0v) is 15.8. The van der Waals surface area contributed by atoms with Gasteiger partial charge in [0.05, 0.1) is 5.39 Å². The van der Waals surface area contributed by atoms with Crippen LogP contribution >= 0.6 is 11.3 Å². The van der Waals surface area contributed by atoms with Crippen LogP contribution in [0.15, 0.2) is 30.6 Å². The number of nitrogens with zero attached hydrogens (tertiary/aromatic N) is 5. The number of rotatable bonds is 3. The third-order valence-electron chi connectivity index (χ3n) is 4.68. The first-order chi connectivity index (χ1) is 12.7. The Labute approximate surface area is 156 Å². The monoisotopic (exact) mass is 367 g/mol. The second kappa shape index (κ2) is 6.99. The van der Waals surface area contributed by atoms with Crippen molar-refractivity contribution in [2.24, 2.45) is 0 Å². The predicted molar refractivity (Wildman–Crippen MR) is 104 cm³/mol. The lowest BCUT2D eigenvalue weighted by atomic mass is 10.2. The number of aryl methyl sites for hydroxylation is 2. The second-order valence-corrected chi connectivity index (χ2v) is 7.51. The second-order valence-electron chi connectivity index (χ2n) is 6.39. The minimum absolute atomic E-state index is 0.0693. The lowest BCUT2D eigenvalue weighted by Gasteiger charge is -2.35. The van der Waals surface area contributed by atoms with Crippen molar-refractivity contribution in [3.05, 3.63) is 46.9 Å². The molecule has 4 heterocycles. The highest BCUT2D eigenvalue weighted by Gasteiger charge is 2.24. The highest BCUT2D eigenvalue weighted by Crippen LogP contribution is 2.31. The Balaban J connectivity index is 1.54. The maximum atomic E-state index is 12.6. The van der Waals surface area contributed by atoms with Crippen LogP contribution in [0.3, 0.4) is 0 Å². The van der Waals surface area contributed by atoms with E-state index in [4.69, 9.17) is 4.98 Å². The predicted octanol–water partition coefficient (Wildman–Crippen LogP) is 2.92. The number of piperazine rings is 1. The molecule has 0 aliphatic carbocycles. The van der Waals surface area contributed by atoms with Gasteiger partial charge in [0.1, 0.15) is 16.5 Å². The Kier molecular flexibility index (Phi) is 4.55. The molecule has 6 nitrogen and oxygen atoms in total. The topological polar surface area (TPSA) is 62.2 Å². The number of fused-ring (bicyclic) bond motifs is 1. The fourth-order valence-corrected chi connectivity index (χ4v) is 4.28. The van der Waals surface area contributed by atoms with Gasteiger partial charge in [-0.1, -0.05) is 6.92 Å². The number of pyridine rings is 1. The van der Waals surface area contributed by atoms with Crippen molar-refractivity contribution in [1.82, 2.24) is 19.9 Å². The van der Waals surface area contributed by atoms with E-state index in [2.05, 4.69) is 27.9 Å². The molecule has 0 spiro atoms. The summed E-state index contributed by atoms with van der Waals surface area (Å²) in [5.41, 5.74) is 0.694. The quantitative estimate of drug-likeness (QED) is 0.712. The fourth-order valence-electron chi connectivity index (χ4n) is 3.27. The molecule has 1 saturated heterocycles. The lowest BCUT2D eigenvalue weighted by Crippen LogP contribution is -2.49. The van der Waals surface area contributed by atoms with Crippen LogP contribution in [0.1, 0.15) is 28.0 Å². The van der Waals surface area contributed by atoms with E-state index in [1.165, 1.54) is 4.88 Å². The minimum atomic E-state index is 0.0693. The van der Waals surface area contributed by atoms with E-state index in [-0.39, 0.29) is 5.91 Å². The molecule has 1 fully saturated rings. The standard InChI is InChI=1S/C19H21N5OS/c1-3-15-12-16-17(21-13(2)22-18(16)26-15)23-8-10-24(11-9-23)19(25)14-4-6-20-7-5-14/h4-7,12H,3,8-11H2,1-2H3. The Bertz CT molecular complexity index is 932. The molecule has 4 rings (SSSR count). The smallest absolute Gasteiger partial charge is 0.254 e. The SMILES string of the molecule is CCc1cc2c(N3CCN(C(=O)c4ccncc4)CC3)nc(C)nc2s1. The van der Waals surface area contributed by atoms with E-state index in [0.29, 0.717) is 18.7 Å². The summed E-state index contributed by atoms with van der Waals surface area (Å²) in [5.74, 6) is 1.87. The van der Waals surface area contributed by atoms with Crippen LogP contribution in [0.4, 0.5) is 5.82 Å². The third kappa shape index (κ3) is 3.14. The molecule has 0 atom stereocenters. The maximum Gasteiger partial charge on any atom is 0.254 e. The lowest BCUT2D eigenvalue weighted by molar-refractivity contribution is 0.0746. The van der Waals surface area contributed by atoms with Crippen molar-refractivity contribution >= 4 is 33.3 Å². The molecule has 26 heavy (non-hydrogen) atoms. The highest BCUT2D eigenvalue weighted by atomic mass is 32.1. The van der Waals surface area contributed by atoms with E-state index in [9.17, 15) is 4.79 Å². The summed E-state index contributed by atoms with van der Waals surface area (Å²) in [6, 6.07) is 5.75. The van der Waals surface area contributed by atoms with Gasteiger partial charge in [-0.25, -0.2) is 9.97 Å². The van der Waals surface area contributed by atoms with E-state index < -0.39 is 0 Å². The maximum absolute atomic E-state index is 12.6. The molecule has 0 saturated carbocycles. The summed E-state index contributed by atoms with van der Waals surface area (Å²) < 4.78 is 0. The van der Waals surface area contributed by atoms with E-state index in [1.54, 1.807) is 35.9 Å². The first-order valence-electron chi connectivity index (χ1n) is 8.87. The zero-order chi connectivity index (χ0) is 18.1. The van der Waals surface area contributed by atoms with Crippen molar-refractivity contribution in [3.63, 3.8) is 0 Å². The van der Waals surface area contributed by atoms with Crippen LogP contribution in [0.25, 0.3) is 10.2 Å². The van der Waals surface area contributed by atoms with Crippen molar-refractivity contribution in [2.75, 3.05) is 31.1 Å².